The molecule has 2 saturated carbocycles. The fraction of sp³-hybridized carbons (Fsp3) is 1.00. The van der Waals surface area contributed by atoms with Crippen molar-refractivity contribution in [2.75, 3.05) is 0 Å². The van der Waals surface area contributed by atoms with E-state index >= 15 is 0 Å². The molecule has 0 saturated heterocycles. The van der Waals surface area contributed by atoms with E-state index in [4.69, 9.17) is 10.2 Å². The monoisotopic (exact) mass is 174 g/mol. The number of fused-ring (bicyclic) bond motifs is 2. The average molecular weight is 174 g/mol. The standard InChI is InChI=1S/C8H14O4/c9-6(10)8(12)4-5-1-2-7(8,11)3-5/h5-6,9-12H,1-4H2. The first-order valence-corrected chi connectivity index (χ1v) is 4.29. The van der Waals surface area contributed by atoms with Crippen LogP contribution in [0.15, 0.2) is 0 Å². The largest absolute Gasteiger partial charge is 0.387 e. The molecule has 2 fully saturated rings. The first-order chi connectivity index (χ1) is 5.48. The molecule has 0 aromatic carbocycles. The topological polar surface area (TPSA) is 80.9 Å². The predicted octanol–water partition coefficient (Wildman–Crippen LogP) is -1.04. The predicted molar refractivity (Wildman–Crippen MR) is 40.1 cm³/mol. The van der Waals surface area contributed by atoms with Crippen LogP contribution < -0.4 is 0 Å². The smallest absolute Gasteiger partial charge is 0.183 e. The summed E-state index contributed by atoms with van der Waals surface area (Å²) in [6, 6.07) is 0. The minimum atomic E-state index is -1.83. The van der Waals surface area contributed by atoms with Gasteiger partial charge in [0.15, 0.2) is 6.29 Å². The van der Waals surface area contributed by atoms with Crippen LogP contribution in [0.25, 0.3) is 0 Å². The summed E-state index contributed by atoms with van der Waals surface area (Å²) >= 11 is 0. The Kier molecular flexibility index (Phi) is 1.55. The molecule has 0 aromatic heterocycles. The van der Waals surface area contributed by atoms with Crippen LogP contribution >= 0.6 is 0 Å². The number of aliphatic hydroxyl groups is 4. The van der Waals surface area contributed by atoms with Gasteiger partial charge in [-0.2, -0.15) is 0 Å². The fourth-order valence-corrected chi connectivity index (χ4v) is 2.67. The van der Waals surface area contributed by atoms with Crippen LogP contribution in [0.5, 0.6) is 0 Å². The van der Waals surface area contributed by atoms with E-state index < -0.39 is 17.5 Å². The second-order valence-corrected chi connectivity index (χ2v) is 4.14. The second-order valence-electron chi connectivity index (χ2n) is 4.14. The molecule has 12 heavy (non-hydrogen) atoms. The van der Waals surface area contributed by atoms with Crippen molar-refractivity contribution in [2.45, 2.75) is 43.2 Å². The van der Waals surface area contributed by atoms with Gasteiger partial charge in [0.2, 0.25) is 0 Å². The summed E-state index contributed by atoms with van der Waals surface area (Å²) in [5, 5.41) is 37.5. The summed E-state index contributed by atoms with van der Waals surface area (Å²) in [4.78, 5) is 0. The zero-order valence-corrected chi connectivity index (χ0v) is 6.77. The van der Waals surface area contributed by atoms with Gasteiger partial charge in [-0.1, -0.05) is 0 Å². The SMILES string of the molecule is OC(O)C1(O)CC2CCC1(O)C2. The lowest BCUT2D eigenvalue weighted by Gasteiger charge is -2.39. The molecule has 3 unspecified atom stereocenters. The minimum Gasteiger partial charge on any atom is -0.387 e. The van der Waals surface area contributed by atoms with E-state index in [1.807, 2.05) is 0 Å². The highest BCUT2D eigenvalue weighted by Gasteiger charge is 2.63. The van der Waals surface area contributed by atoms with Crippen molar-refractivity contribution in [1.29, 1.82) is 0 Å². The summed E-state index contributed by atoms with van der Waals surface area (Å²) in [5.41, 5.74) is -2.94. The van der Waals surface area contributed by atoms with Crippen LogP contribution in [0.3, 0.4) is 0 Å². The zero-order chi connectivity index (χ0) is 8.98. The van der Waals surface area contributed by atoms with Crippen LogP contribution in [0.2, 0.25) is 0 Å². The normalized spacial score (nSPS) is 52.2. The van der Waals surface area contributed by atoms with Crippen molar-refractivity contribution in [3.05, 3.63) is 0 Å². The van der Waals surface area contributed by atoms with Gasteiger partial charge in [-0.15, -0.1) is 0 Å². The van der Waals surface area contributed by atoms with Crippen LogP contribution in [-0.4, -0.2) is 37.9 Å². The first-order valence-electron chi connectivity index (χ1n) is 4.29. The Bertz CT molecular complexity index is 205. The van der Waals surface area contributed by atoms with E-state index in [9.17, 15) is 10.2 Å². The van der Waals surface area contributed by atoms with Crippen molar-refractivity contribution >= 4 is 0 Å². The molecule has 4 heteroatoms. The summed E-state index contributed by atoms with van der Waals surface area (Å²) in [5.74, 6) is 0.252. The van der Waals surface area contributed by atoms with Gasteiger partial charge in [0.1, 0.15) is 5.60 Å². The molecule has 2 rings (SSSR count). The Balaban J connectivity index is 2.29. The van der Waals surface area contributed by atoms with Crippen LogP contribution in [0.1, 0.15) is 25.7 Å². The molecule has 0 aliphatic heterocycles. The van der Waals surface area contributed by atoms with Crippen LogP contribution in [0.4, 0.5) is 0 Å². The lowest BCUT2D eigenvalue weighted by molar-refractivity contribution is -0.253. The third-order valence-electron chi connectivity index (χ3n) is 3.43. The Morgan fingerprint density at radius 1 is 1.17 bits per heavy atom. The number of rotatable bonds is 1. The molecule has 2 aliphatic carbocycles. The molecule has 0 heterocycles. The van der Waals surface area contributed by atoms with E-state index in [1.165, 1.54) is 0 Å². The van der Waals surface area contributed by atoms with E-state index in [0.717, 1.165) is 6.42 Å². The molecule has 0 spiro atoms. The van der Waals surface area contributed by atoms with Gasteiger partial charge in [0, 0.05) is 0 Å². The van der Waals surface area contributed by atoms with E-state index in [0.29, 0.717) is 19.3 Å². The maximum Gasteiger partial charge on any atom is 0.183 e. The van der Waals surface area contributed by atoms with Gasteiger partial charge in [0.25, 0.3) is 0 Å². The molecular formula is C8H14O4. The summed E-state index contributed by atoms with van der Waals surface area (Å²) in [6.45, 7) is 0. The zero-order valence-electron chi connectivity index (χ0n) is 6.77. The molecular weight excluding hydrogens is 160 g/mol. The number of aliphatic hydroxyl groups excluding tert-OH is 1. The lowest BCUT2D eigenvalue weighted by Crippen LogP contribution is -2.58. The molecule has 0 radical (unpaired) electrons. The number of hydrogen-bond donors (Lipinski definition) is 4. The molecule has 0 amide bonds. The van der Waals surface area contributed by atoms with E-state index in [2.05, 4.69) is 0 Å². The molecule has 2 aliphatic rings. The maximum absolute atomic E-state index is 9.86. The lowest BCUT2D eigenvalue weighted by atomic mass is 9.80. The highest BCUT2D eigenvalue weighted by Crippen LogP contribution is 2.54. The molecule has 3 atom stereocenters. The van der Waals surface area contributed by atoms with Gasteiger partial charge in [-0.3, -0.25) is 0 Å². The molecule has 2 bridgehead atoms. The van der Waals surface area contributed by atoms with Crippen molar-refractivity contribution in [3.63, 3.8) is 0 Å². The Labute approximate surface area is 70.5 Å². The highest BCUT2D eigenvalue weighted by atomic mass is 16.5. The fourth-order valence-electron chi connectivity index (χ4n) is 2.67. The summed E-state index contributed by atoms with van der Waals surface area (Å²) in [6.07, 6.45) is 0.340. The molecule has 70 valence electrons. The van der Waals surface area contributed by atoms with Crippen molar-refractivity contribution in [1.82, 2.24) is 0 Å². The molecule has 0 aromatic rings. The molecule has 4 N–H and O–H groups in total. The number of hydrogen-bond acceptors (Lipinski definition) is 4. The van der Waals surface area contributed by atoms with Crippen LogP contribution in [0, 0.1) is 5.92 Å². The van der Waals surface area contributed by atoms with E-state index in [-0.39, 0.29) is 5.92 Å². The molecule has 4 nitrogen and oxygen atoms in total. The van der Waals surface area contributed by atoms with Crippen molar-refractivity contribution < 1.29 is 20.4 Å². The van der Waals surface area contributed by atoms with Gasteiger partial charge in [-0.25, -0.2) is 0 Å². The van der Waals surface area contributed by atoms with Gasteiger partial charge in [-0.05, 0) is 31.6 Å². The van der Waals surface area contributed by atoms with Gasteiger partial charge >= 0.3 is 0 Å². The highest BCUT2D eigenvalue weighted by molar-refractivity contribution is 5.13. The third-order valence-corrected chi connectivity index (χ3v) is 3.43. The maximum atomic E-state index is 9.86. The quantitative estimate of drug-likeness (QED) is 0.383. The van der Waals surface area contributed by atoms with Gasteiger partial charge < -0.3 is 20.4 Å². The summed E-state index contributed by atoms with van der Waals surface area (Å²) < 4.78 is 0. The average Bonchev–Trinajstić information content (AvgIpc) is 2.42. The van der Waals surface area contributed by atoms with Crippen LogP contribution in [-0.2, 0) is 0 Å². The Hall–Kier alpha value is -0.160. The van der Waals surface area contributed by atoms with E-state index in [1.54, 1.807) is 0 Å². The minimum absolute atomic E-state index is 0.252. The first kappa shape index (κ1) is 8.44. The van der Waals surface area contributed by atoms with Crippen molar-refractivity contribution in [2.24, 2.45) is 5.92 Å². The van der Waals surface area contributed by atoms with Crippen molar-refractivity contribution in [3.8, 4) is 0 Å². The Morgan fingerprint density at radius 2 is 1.83 bits per heavy atom. The Morgan fingerprint density at radius 3 is 2.08 bits per heavy atom. The third kappa shape index (κ3) is 0.808. The summed E-state index contributed by atoms with van der Waals surface area (Å²) in [7, 11) is 0. The van der Waals surface area contributed by atoms with Gasteiger partial charge in [0.05, 0.1) is 5.60 Å². The second kappa shape index (κ2) is 2.20.